The molecule has 0 spiro atoms. The highest BCUT2D eigenvalue weighted by molar-refractivity contribution is 6.32. The maximum Gasteiger partial charge on any atom is 0.377 e. The highest BCUT2D eigenvalue weighted by Gasteiger charge is 2.21. The van der Waals surface area contributed by atoms with Crippen LogP contribution >= 0.6 is 11.6 Å². The average molecular weight is 338 g/mol. The summed E-state index contributed by atoms with van der Waals surface area (Å²) in [4.78, 5) is 26.5. The van der Waals surface area contributed by atoms with Crippen molar-refractivity contribution in [3.05, 3.63) is 39.3 Å². The second-order valence-electron chi connectivity index (χ2n) is 5.21. The van der Waals surface area contributed by atoms with Gasteiger partial charge in [-0.25, -0.2) is 9.59 Å². The number of hydrogen-bond acceptors (Lipinski definition) is 4. The molecule has 2 aromatic rings. The van der Waals surface area contributed by atoms with Gasteiger partial charge in [-0.1, -0.05) is 37.1 Å². The van der Waals surface area contributed by atoms with E-state index in [9.17, 15) is 9.59 Å². The lowest BCUT2D eigenvalue weighted by Crippen LogP contribution is -2.41. The maximum absolute atomic E-state index is 12.5. The van der Waals surface area contributed by atoms with Gasteiger partial charge < -0.3 is 4.90 Å². The molecule has 0 radical (unpaired) electrons. The smallest absolute Gasteiger partial charge is 0.323 e. The molecule has 8 heteroatoms. The van der Waals surface area contributed by atoms with Crippen molar-refractivity contribution < 1.29 is 4.79 Å². The molecular weight excluding hydrogens is 318 g/mol. The van der Waals surface area contributed by atoms with Crippen LogP contribution in [0, 0.1) is 6.92 Å². The summed E-state index contributed by atoms with van der Waals surface area (Å²) >= 11 is 6.15. The second-order valence-corrected chi connectivity index (χ2v) is 5.61. The number of aryl methyl sites for hydroxylation is 1. The molecule has 1 amide bonds. The predicted molar refractivity (Wildman–Crippen MR) is 88.3 cm³/mol. The third-order valence-corrected chi connectivity index (χ3v) is 3.90. The number of para-hydroxylation sites is 1. The Balaban J connectivity index is 2.40. The van der Waals surface area contributed by atoms with E-state index in [-0.39, 0.29) is 0 Å². The highest BCUT2D eigenvalue weighted by Crippen LogP contribution is 2.21. The number of carbonyl (C=O) groups is 1. The summed E-state index contributed by atoms with van der Waals surface area (Å²) in [7, 11) is 0. The Morgan fingerprint density at radius 3 is 2.65 bits per heavy atom. The summed E-state index contributed by atoms with van der Waals surface area (Å²) in [5.74, 6) is 0. The lowest BCUT2D eigenvalue weighted by Gasteiger charge is -2.18. The van der Waals surface area contributed by atoms with Crippen molar-refractivity contribution in [1.29, 1.82) is 0 Å². The average Bonchev–Trinajstić information content (AvgIpc) is 2.89. The van der Waals surface area contributed by atoms with Crippen LogP contribution in [0.5, 0.6) is 0 Å². The number of unbranched alkanes of at least 4 members (excludes halogenated alkanes) is 1. The molecule has 0 atom stereocenters. The molecule has 0 N–H and O–H groups in total. The van der Waals surface area contributed by atoms with Crippen LogP contribution in [0.25, 0.3) is 5.69 Å². The van der Waals surface area contributed by atoms with Gasteiger partial charge in [-0.3, -0.25) is 0 Å². The SMILES string of the molecule is CCCCN(CC)C(=O)n1nnn(-c2c(C)cccc2Cl)c1=O. The molecule has 7 nitrogen and oxygen atoms in total. The first-order chi connectivity index (χ1) is 11.0. The van der Waals surface area contributed by atoms with E-state index in [1.807, 2.05) is 26.8 Å². The van der Waals surface area contributed by atoms with Gasteiger partial charge >= 0.3 is 11.7 Å². The Hall–Kier alpha value is -2.15. The molecule has 2 rings (SSSR count). The number of hydrogen-bond donors (Lipinski definition) is 0. The number of rotatable bonds is 5. The zero-order chi connectivity index (χ0) is 17.0. The lowest BCUT2D eigenvalue weighted by atomic mass is 10.2. The molecule has 1 heterocycles. The van der Waals surface area contributed by atoms with E-state index < -0.39 is 11.7 Å². The summed E-state index contributed by atoms with van der Waals surface area (Å²) in [5.41, 5.74) is 0.591. The minimum absolute atomic E-state index is 0.380. The summed E-state index contributed by atoms with van der Waals surface area (Å²) < 4.78 is 1.84. The quantitative estimate of drug-likeness (QED) is 0.786. The fourth-order valence-corrected chi connectivity index (χ4v) is 2.57. The zero-order valence-corrected chi connectivity index (χ0v) is 14.2. The molecule has 0 fully saturated rings. The van der Waals surface area contributed by atoms with Crippen LogP contribution in [-0.2, 0) is 0 Å². The Bertz CT molecular complexity index is 732. The summed E-state index contributed by atoms with van der Waals surface area (Å²) in [5, 5.41) is 7.91. The van der Waals surface area contributed by atoms with E-state index in [0.717, 1.165) is 27.8 Å². The standard InChI is InChI=1S/C15H20ClN5O2/c1-4-6-10-19(5-2)14(22)21-15(23)20(17-18-21)13-11(3)8-7-9-12(13)16/h7-9H,4-6,10H2,1-3H3. The molecule has 1 aromatic carbocycles. The van der Waals surface area contributed by atoms with Gasteiger partial charge in [0, 0.05) is 13.1 Å². The summed E-state index contributed by atoms with van der Waals surface area (Å²) in [6.45, 7) is 6.80. The van der Waals surface area contributed by atoms with Crippen LogP contribution in [0.4, 0.5) is 4.79 Å². The highest BCUT2D eigenvalue weighted by atomic mass is 35.5. The zero-order valence-electron chi connectivity index (χ0n) is 13.5. The van der Waals surface area contributed by atoms with Crippen molar-refractivity contribution in [2.24, 2.45) is 0 Å². The van der Waals surface area contributed by atoms with E-state index in [4.69, 9.17) is 11.6 Å². The van der Waals surface area contributed by atoms with Gasteiger partial charge in [-0.05, 0) is 42.3 Å². The number of aromatic nitrogens is 4. The Labute approximate surface area is 139 Å². The predicted octanol–water partition coefficient (Wildman–Crippen LogP) is 2.48. The molecule has 23 heavy (non-hydrogen) atoms. The van der Waals surface area contributed by atoms with E-state index in [2.05, 4.69) is 10.4 Å². The molecular formula is C15H20ClN5O2. The molecule has 0 aliphatic heterocycles. The van der Waals surface area contributed by atoms with Crippen LogP contribution in [-0.4, -0.2) is 43.8 Å². The Morgan fingerprint density at radius 1 is 1.30 bits per heavy atom. The van der Waals surface area contributed by atoms with Crippen LogP contribution < -0.4 is 5.69 Å². The topological polar surface area (TPSA) is 73.0 Å². The van der Waals surface area contributed by atoms with Crippen molar-refractivity contribution in [3.8, 4) is 5.69 Å². The lowest BCUT2D eigenvalue weighted by molar-refractivity contribution is 0.196. The monoisotopic (exact) mass is 337 g/mol. The fraction of sp³-hybridized carbons (Fsp3) is 0.467. The van der Waals surface area contributed by atoms with E-state index in [1.165, 1.54) is 0 Å². The number of amides is 1. The third kappa shape index (κ3) is 3.44. The van der Waals surface area contributed by atoms with E-state index >= 15 is 0 Å². The number of tetrazole rings is 1. The number of halogens is 1. The Kier molecular flexibility index (Phi) is 5.54. The normalized spacial score (nSPS) is 10.8. The first-order valence-corrected chi connectivity index (χ1v) is 7.98. The van der Waals surface area contributed by atoms with Crippen LogP contribution in [0.3, 0.4) is 0 Å². The van der Waals surface area contributed by atoms with Gasteiger partial charge in [0.25, 0.3) is 0 Å². The van der Waals surface area contributed by atoms with Crippen molar-refractivity contribution in [3.63, 3.8) is 0 Å². The Morgan fingerprint density at radius 2 is 2.04 bits per heavy atom. The maximum atomic E-state index is 12.5. The molecule has 0 saturated heterocycles. The summed E-state index contributed by atoms with van der Waals surface area (Å²) in [6.07, 6.45) is 1.83. The van der Waals surface area contributed by atoms with Crippen LogP contribution in [0.2, 0.25) is 5.02 Å². The second kappa shape index (κ2) is 7.41. The molecule has 0 bridgehead atoms. The largest absolute Gasteiger partial charge is 0.377 e. The molecule has 124 valence electrons. The van der Waals surface area contributed by atoms with Gasteiger partial charge in [0.1, 0.15) is 0 Å². The minimum Gasteiger partial charge on any atom is -0.323 e. The van der Waals surface area contributed by atoms with Crippen molar-refractivity contribution in [1.82, 2.24) is 24.7 Å². The van der Waals surface area contributed by atoms with Crippen molar-refractivity contribution >= 4 is 17.6 Å². The first kappa shape index (κ1) is 17.2. The van der Waals surface area contributed by atoms with Gasteiger partial charge in [0.05, 0.1) is 10.7 Å². The molecule has 0 unspecified atom stereocenters. The van der Waals surface area contributed by atoms with Gasteiger partial charge in [-0.15, -0.1) is 4.68 Å². The molecule has 0 saturated carbocycles. The van der Waals surface area contributed by atoms with Crippen LogP contribution in [0.1, 0.15) is 32.3 Å². The fourth-order valence-electron chi connectivity index (χ4n) is 2.27. The molecule has 0 aliphatic rings. The molecule has 0 aliphatic carbocycles. The number of nitrogens with zero attached hydrogens (tertiary/aromatic N) is 5. The number of carbonyl (C=O) groups excluding carboxylic acids is 1. The molecule has 1 aromatic heterocycles. The van der Waals surface area contributed by atoms with E-state index in [0.29, 0.717) is 23.8 Å². The van der Waals surface area contributed by atoms with Crippen molar-refractivity contribution in [2.45, 2.75) is 33.6 Å². The van der Waals surface area contributed by atoms with Crippen molar-refractivity contribution in [2.75, 3.05) is 13.1 Å². The summed E-state index contributed by atoms with van der Waals surface area (Å²) in [6, 6.07) is 4.79. The van der Waals surface area contributed by atoms with Gasteiger partial charge in [0.15, 0.2) is 0 Å². The number of benzene rings is 1. The minimum atomic E-state index is -0.624. The first-order valence-electron chi connectivity index (χ1n) is 7.61. The third-order valence-electron chi connectivity index (χ3n) is 3.60. The van der Waals surface area contributed by atoms with Crippen LogP contribution in [0.15, 0.2) is 23.0 Å². The van der Waals surface area contributed by atoms with Gasteiger partial charge in [-0.2, -0.15) is 4.68 Å². The van der Waals surface area contributed by atoms with Gasteiger partial charge in [0.2, 0.25) is 0 Å². The van der Waals surface area contributed by atoms with E-state index in [1.54, 1.807) is 17.0 Å².